The minimum atomic E-state index is -0.870. The summed E-state index contributed by atoms with van der Waals surface area (Å²) in [7, 11) is 7.12. The number of methoxy groups -OCH3 is 2. The van der Waals surface area contributed by atoms with E-state index in [2.05, 4.69) is 0 Å². The molecular weight excluding hydrogens is 346 g/mol. The van der Waals surface area contributed by atoms with Gasteiger partial charge in [-0.3, -0.25) is 4.79 Å². The van der Waals surface area contributed by atoms with Crippen LogP contribution in [0.3, 0.4) is 0 Å². The minimum Gasteiger partial charge on any atom is -0.497 e. The fraction of sp³-hybridized carbons (Fsp3) is 0.381. The molecule has 0 bridgehead atoms. The average Bonchev–Trinajstić information content (AvgIpc) is 2.66. The second-order valence-corrected chi connectivity index (χ2v) is 6.51. The van der Waals surface area contributed by atoms with Crippen LogP contribution in [-0.2, 0) is 11.2 Å². The normalized spacial score (nSPS) is 11.9. The maximum atomic E-state index is 11.8. The maximum Gasteiger partial charge on any atom is 0.311 e. The molecule has 1 N–H and O–H groups in total. The van der Waals surface area contributed by atoms with Crippen LogP contribution in [0.15, 0.2) is 42.5 Å². The molecule has 27 heavy (non-hydrogen) atoms. The van der Waals surface area contributed by atoms with Gasteiger partial charge in [-0.05, 0) is 55.9 Å². The fourth-order valence-electron chi connectivity index (χ4n) is 2.72. The number of carboxylic acid groups (broad SMARTS) is 1. The van der Waals surface area contributed by atoms with Gasteiger partial charge in [0.2, 0.25) is 0 Å². The van der Waals surface area contributed by atoms with Crippen LogP contribution >= 0.6 is 0 Å². The Morgan fingerprint density at radius 2 is 1.74 bits per heavy atom. The molecule has 0 aliphatic carbocycles. The molecule has 0 saturated carbocycles. The highest BCUT2D eigenvalue weighted by Gasteiger charge is 2.21. The van der Waals surface area contributed by atoms with Crippen molar-refractivity contribution >= 4 is 5.97 Å². The Bertz CT molecular complexity index is 743. The van der Waals surface area contributed by atoms with E-state index in [1.165, 1.54) is 0 Å². The first-order chi connectivity index (χ1) is 12.9. The fourth-order valence-corrected chi connectivity index (χ4v) is 2.72. The van der Waals surface area contributed by atoms with Gasteiger partial charge in [0.1, 0.15) is 12.4 Å². The highest BCUT2D eigenvalue weighted by molar-refractivity contribution is 5.76. The summed E-state index contributed by atoms with van der Waals surface area (Å²) in [5.41, 5.74) is 1.60. The minimum absolute atomic E-state index is 0.357. The number of hydrogen-bond acceptors (Lipinski definition) is 5. The van der Waals surface area contributed by atoms with Gasteiger partial charge in [0.15, 0.2) is 11.5 Å². The van der Waals surface area contributed by atoms with Crippen molar-refractivity contribution in [2.45, 2.75) is 12.3 Å². The molecule has 0 aliphatic rings. The van der Waals surface area contributed by atoms with Gasteiger partial charge in [-0.1, -0.05) is 18.2 Å². The van der Waals surface area contributed by atoms with Crippen molar-refractivity contribution in [1.29, 1.82) is 0 Å². The molecule has 2 rings (SSSR count). The van der Waals surface area contributed by atoms with Crippen molar-refractivity contribution in [2.24, 2.45) is 0 Å². The highest BCUT2D eigenvalue weighted by Crippen LogP contribution is 2.31. The van der Waals surface area contributed by atoms with E-state index in [9.17, 15) is 9.90 Å². The summed E-state index contributed by atoms with van der Waals surface area (Å²) < 4.78 is 16.3. The third-order valence-electron chi connectivity index (χ3n) is 4.28. The van der Waals surface area contributed by atoms with Crippen LogP contribution < -0.4 is 14.2 Å². The smallest absolute Gasteiger partial charge is 0.311 e. The molecular formula is C21H27NO5. The molecule has 0 fully saturated rings. The summed E-state index contributed by atoms with van der Waals surface area (Å²) in [5.74, 6) is 0.430. The van der Waals surface area contributed by atoms with Crippen LogP contribution in [-0.4, -0.2) is 57.4 Å². The van der Waals surface area contributed by atoms with Gasteiger partial charge >= 0.3 is 5.97 Å². The van der Waals surface area contributed by atoms with E-state index < -0.39 is 11.9 Å². The Morgan fingerprint density at radius 1 is 1.04 bits per heavy atom. The third-order valence-corrected chi connectivity index (χ3v) is 4.28. The van der Waals surface area contributed by atoms with E-state index in [0.717, 1.165) is 17.7 Å². The standard InChI is InChI=1S/C21H27NO5/c1-22(2)11-12-27-19-10-5-15(14-20(19)26-4)13-18(21(23)24)16-6-8-17(25-3)9-7-16/h5-10,14,18H,11-13H2,1-4H3,(H,23,24). The van der Waals surface area contributed by atoms with Gasteiger partial charge < -0.3 is 24.2 Å². The van der Waals surface area contributed by atoms with Crippen LogP contribution in [0.5, 0.6) is 17.2 Å². The Morgan fingerprint density at radius 3 is 2.30 bits per heavy atom. The van der Waals surface area contributed by atoms with Gasteiger partial charge in [-0.2, -0.15) is 0 Å². The van der Waals surface area contributed by atoms with Gasteiger partial charge in [0.05, 0.1) is 20.1 Å². The molecule has 146 valence electrons. The van der Waals surface area contributed by atoms with Crippen LogP contribution in [0.1, 0.15) is 17.0 Å². The van der Waals surface area contributed by atoms with E-state index >= 15 is 0 Å². The lowest BCUT2D eigenvalue weighted by Gasteiger charge is -2.16. The summed E-state index contributed by atoms with van der Waals surface area (Å²) in [5, 5.41) is 9.67. The van der Waals surface area contributed by atoms with Crippen LogP contribution in [0, 0.1) is 0 Å². The quantitative estimate of drug-likeness (QED) is 0.690. The van der Waals surface area contributed by atoms with E-state index in [0.29, 0.717) is 30.3 Å². The van der Waals surface area contributed by atoms with E-state index in [-0.39, 0.29) is 0 Å². The van der Waals surface area contributed by atoms with Crippen LogP contribution in [0.25, 0.3) is 0 Å². The molecule has 0 saturated heterocycles. The number of ether oxygens (including phenoxy) is 3. The number of likely N-dealkylation sites (N-methyl/N-ethyl adjacent to an activating group) is 1. The SMILES string of the molecule is COc1ccc(C(Cc2ccc(OCCN(C)C)c(OC)c2)C(=O)O)cc1. The zero-order valence-corrected chi connectivity index (χ0v) is 16.3. The van der Waals surface area contributed by atoms with Crippen molar-refractivity contribution in [3.63, 3.8) is 0 Å². The lowest BCUT2D eigenvalue weighted by molar-refractivity contribution is -0.138. The van der Waals surface area contributed by atoms with Gasteiger partial charge in [-0.25, -0.2) is 0 Å². The average molecular weight is 373 g/mol. The van der Waals surface area contributed by atoms with Crippen molar-refractivity contribution < 1.29 is 24.1 Å². The van der Waals surface area contributed by atoms with Crippen molar-refractivity contribution in [3.8, 4) is 17.2 Å². The Labute approximate surface area is 160 Å². The lowest BCUT2D eigenvalue weighted by Crippen LogP contribution is -2.19. The molecule has 0 aromatic heterocycles. The third kappa shape index (κ3) is 5.89. The number of rotatable bonds is 10. The number of benzene rings is 2. The molecule has 0 heterocycles. The van der Waals surface area contributed by atoms with Gasteiger partial charge in [0, 0.05) is 6.54 Å². The molecule has 1 atom stereocenters. The Balaban J connectivity index is 2.16. The molecule has 2 aromatic carbocycles. The first-order valence-electron chi connectivity index (χ1n) is 8.75. The summed E-state index contributed by atoms with van der Waals surface area (Å²) in [6.45, 7) is 1.34. The summed E-state index contributed by atoms with van der Waals surface area (Å²) in [4.78, 5) is 13.8. The Hall–Kier alpha value is -2.73. The van der Waals surface area contributed by atoms with E-state index in [1.54, 1.807) is 38.5 Å². The summed E-state index contributed by atoms with van der Waals surface area (Å²) >= 11 is 0. The molecule has 0 radical (unpaired) electrons. The first-order valence-corrected chi connectivity index (χ1v) is 8.75. The van der Waals surface area contributed by atoms with Crippen molar-refractivity contribution in [2.75, 3.05) is 41.5 Å². The second kappa shape index (κ2) is 9.83. The topological polar surface area (TPSA) is 68.2 Å². The largest absolute Gasteiger partial charge is 0.497 e. The summed E-state index contributed by atoms with van der Waals surface area (Å²) in [6.07, 6.45) is 0.357. The number of carbonyl (C=O) groups is 1. The lowest BCUT2D eigenvalue weighted by atomic mass is 9.92. The molecule has 1 unspecified atom stereocenters. The summed E-state index contributed by atoms with van der Waals surface area (Å²) in [6, 6.07) is 12.7. The number of nitrogens with zero attached hydrogens (tertiary/aromatic N) is 1. The number of carboxylic acids is 1. The van der Waals surface area contributed by atoms with E-state index in [1.807, 2.05) is 37.2 Å². The molecule has 0 spiro atoms. The molecule has 6 nitrogen and oxygen atoms in total. The molecule has 6 heteroatoms. The van der Waals surface area contributed by atoms with E-state index in [4.69, 9.17) is 14.2 Å². The predicted molar refractivity (Wildman–Crippen MR) is 104 cm³/mol. The molecule has 2 aromatic rings. The van der Waals surface area contributed by atoms with Crippen LogP contribution in [0.2, 0.25) is 0 Å². The van der Waals surface area contributed by atoms with Crippen molar-refractivity contribution in [1.82, 2.24) is 4.90 Å². The maximum absolute atomic E-state index is 11.8. The number of hydrogen-bond donors (Lipinski definition) is 1. The zero-order chi connectivity index (χ0) is 19.8. The molecule has 0 amide bonds. The van der Waals surface area contributed by atoms with Crippen LogP contribution in [0.4, 0.5) is 0 Å². The zero-order valence-electron chi connectivity index (χ0n) is 16.3. The number of aliphatic carboxylic acids is 1. The Kier molecular flexibility index (Phi) is 7.49. The monoisotopic (exact) mass is 373 g/mol. The highest BCUT2D eigenvalue weighted by atomic mass is 16.5. The molecule has 0 aliphatic heterocycles. The first kappa shape index (κ1) is 20.6. The second-order valence-electron chi connectivity index (χ2n) is 6.51. The predicted octanol–water partition coefficient (Wildman–Crippen LogP) is 3.06. The van der Waals surface area contributed by atoms with Crippen molar-refractivity contribution in [3.05, 3.63) is 53.6 Å². The van der Waals surface area contributed by atoms with Gasteiger partial charge in [0.25, 0.3) is 0 Å². The van der Waals surface area contributed by atoms with Gasteiger partial charge in [-0.15, -0.1) is 0 Å².